The summed E-state index contributed by atoms with van der Waals surface area (Å²) in [7, 11) is 0. The fourth-order valence-electron chi connectivity index (χ4n) is 2.55. The number of amides is 2. The van der Waals surface area contributed by atoms with Gasteiger partial charge < -0.3 is 10.2 Å². The zero-order valence-electron chi connectivity index (χ0n) is 12.7. The summed E-state index contributed by atoms with van der Waals surface area (Å²) in [5.41, 5.74) is 3.00. The summed E-state index contributed by atoms with van der Waals surface area (Å²) in [5.74, 6) is -0.331. The molecule has 4 nitrogen and oxygen atoms in total. The minimum atomic E-state index is -1.05. The van der Waals surface area contributed by atoms with Gasteiger partial charge in [0.1, 0.15) is 0 Å². The first-order chi connectivity index (χ1) is 10.4. The van der Waals surface area contributed by atoms with E-state index in [-0.39, 0.29) is 17.9 Å². The molecular weight excluding hydrogens is 323 g/mol. The largest absolute Gasteiger partial charge is 0.351 e. The van der Waals surface area contributed by atoms with E-state index in [0.29, 0.717) is 31.5 Å². The summed E-state index contributed by atoms with van der Waals surface area (Å²) >= 11 is 11.0. The van der Waals surface area contributed by atoms with Gasteiger partial charge in [0.2, 0.25) is 0 Å². The van der Waals surface area contributed by atoms with Crippen LogP contribution in [0.3, 0.4) is 0 Å². The van der Waals surface area contributed by atoms with Crippen molar-refractivity contribution < 1.29 is 9.59 Å². The van der Waals surface area contributed by atoms with Crippen LogP contribution in [0.25, 0.3) is 0 Å². The van der Waals surface area contributed by atoms with E-state index in [2.05, 4.69) is 5.32 Å². The highest BCUT2D eigenvalue weighted by atomic mass is 35.5. The van der Waals surface area contributed by atoms with E-state index in [0.717, 1.165) is 5.56 Å². The molecule has 120 valence electrons. The lowest BCUT2D eigenvalue weighted by molar-refractivity contribution is -0.120. The van der Waals surface area contributed by atoms with Gasteiger partial charge in [-0.1, -0.05) is 29.3 Å². The Bertz CT molecular complexity index is 567. The Balaban J connectivity index is 1.92. The molecule has 1 N–H and O–H groups in total. The number of hydrogen-bond donors (Lipinski definition) is 1. The van der Waals surface area contributed by atoms with Crippen molar-refractivity contribution in [2.24, 2.45) is 0 Å². The average Bonchev–Trinajstić information content (AvgIpc) is 2.50. The molecule has 0 atom stereocenters. The number of benzene rings is 1. The van der Waals surface area contributed by atoms with E-state index in [4.69, 9.17) is 23.2 Å². The summed E-state index contributed by atoms with van der Waals surface area (Å²) in [6.07, 6.45) is 1.42. The molecule has 1 aromatic rings. The molecule has 1 heterocycles. The van der Waals surface area contributed by atoms with Crippen LogP contribution in [-0.2, 0) is 4.79 Å². The van der Waals surface area contributed by atoms with E-state index in [1.165, 1.54) is 5.56 Å². The first-order valence-electron chi connectivity index (χ1n) is 7.33. The molecule has 0 radical (unpaired) electrons. The molecule has 1 aliphatic heterocycles. The van der Waals surface area contributed by atoms with Crippen LogP contribution < -0.4 is 5.32 Å². The molecule has 22 heavy (non-hydrogen) atoms. The Morgan fingerprint density at radius 3 is 2.36 bits per heavy atom. The molecule has 0 bridgehead atoms. The smallest absolute Gasteiger partial charge is 0.253 e. The van der Waals surface area contributed by atoms with Crippen molar-refractivity contribution in [3.63, 3.8) is 0 Å². The van der Waals surface area contributed by atoms with E-state index in [9.17, 15) is 9.59 Å². The third kappa shape index (κ3) is 4.14. The summed E-state index contributed by atoms with van der Waals surface area (Å²) in [5, 5.41) is 2.79. The Morgan fingerprint density at radius 2 is 1.82 bits per heavy atom. The van der Waals surface area contributed by atoms with Crippen LogP contribution in [0.2, 0.25) is 0 Å². The zero-order valence-corrected chi connectivity index (χ0v) is 14.2. The third-order valence-corrected chi connectivity index (χ3v) is 4.48. The number of hydrogen-bond acceptors (Lipinski definition) is 2. The van der Waals surface area contributed by atoms with Crippen LogP contribution in [0, 0.1) is 13.8 Å². The first-order valence-corrected chi connectivity index (χ1v) is 8.21. The maximum Gasteiger partial charge on any atom is 0.253 e. The molecule has 0 aromatic heterocycles. The lowest BCUT2D eigenvalue weighted by Crippen LogP contribution is -2.47. The molecule has 2 rings (SSSR count). The summed E-state index contributed by atoms with van der Waals surface area (Å²) in [6.45, 7) is 5.26. The van der Waals surface area contributed by atoms with E-state index in [1.807, 2.05) is 36.9 Å². The molecule has 1 aromatic carbocycles. The van der Waals surface area contributed by atoms with Crippen molar-refractivity contribution in [3.8, 4) is 0 Å². The van der Waals surface area contributed by atoms with E-state index < -0.39 is 4.84 Å². The number of carbonyl (C=O) groups excluding carboxylic acids is 2. The van der Waals surface area contributed by atoms with Crippen LogP contribution in [0.1, 0.15) is 34.3 Å². The van der Waals surface area contributed by atoms with Crippen LogP contribution >= 0.6 is 23.2 Å². The topological polar surface area (TPSA) is 49.4 Å². The molecular formula is C16H20Cl2N2O2. The number of likely N-dealkylation sites (tertiary alicyclic amines) is 1. The summed E-state index contributed by atoms with van der Waals surface area (Å²) in [4.78, 5) is 24.7. The molecule has 0 aliphatic carbocycles. The van der Waals surface area contributed by atoms with Crippen molar-refractivity contribution in [1.82, 2.24) is 10.2 Å². The van der Waals surface area contributed by atoms with Gasteiger partial charge in [-0.15, -0.1) is 0 Å². The normalized spacial score (nSPS) is 16.0. The molecule has 1 saturated heterocycles. The maximum absolute atomic E-state index is 12.5. The predicted molar refractivity (Wildman–Crippen MR) is 88.5 cm³/mol. The van der Waals surface area contributed by atoms with Gasteiger partial charge >= 0.3 is 0 Å². The van der Waals surface area contributed by atoms with E-state index in [1.54, 1.807) is 0 Å². The van der Waals surface area contributed by atoms with Gasteiger partial charge in [0, 0.05) is 24.7 Å². The second-order valence-electron chi connectivity index (χ2n) is 5.67. The fourth-order valence-corrected chi connectivity index (χ4v) is 2.67. The average molecular weight is 343 g/mol. The molecule has 0 unspecified atom stereocenters. The molecule has 6 heteroatoms. The number of halogens is 2. The highest BCUT2D eigenvalue weighted by Crippen LogP contribution is 2.17. The van der Waals surface area contributed by atoms with Crippen LogP contribution in [-0.4, -0.2) is 40.7 Å². The van der Waals surface area contributed by atoms with Crippen LogP contribution in [0.4, 0.5) is 0 Å². The lowest BCUT2D eigenvalue weighted by atomic mass is 10.0. The van der Waals surface area contributed by atoms with Gasteiger partial charge in [-0.05, 0) is 49.9 Å². The van der Waals surface area contributed by atoms with Gasteiger partial charge in [-0.2, -0.15) is 0 Å². The van der Waals surface area contributed by atoms with Gasteiger partial charge in [0.15, 0.2) is 4.84 Å². The number of piperidine rings is 1. The van der Waals surface area contributed by atoms with Crippen molar-refractivity contribution in [2.75, 3.05) is 13.1 Å². The highest BCUT2D eigenvalue weighted by Gasteiger charge is 2.25. The summed E-state index contributed by atoms with van der Waals surface area (Å²) in [6, 6.07) is 5.79. The summed E-state index contributed by atoms with van der Waals surface area (Å²) < 4.78 is 0. The van der Waals surface area contributed by atoms with Crippen molar-refractivity contribution in [1.29, 1.82) is 0 Å². The first kappa shape index (κ1) is 17.1. The molecule has 1 aliphatic rings. The van der Waals surface area contributed by atoms with Gasteiger partial charge in [-0.25, -0.2) is 0 Å². The predicted octanol–water partition coefficient (Wildman–Crippen LogP) is 2.83. The SMILES string of the molecule is Cc1ccc(C(=O)N2CCC(NC(=O)C(Cl)Cl)CC2)cc1C. The van der Waals surface area contributed by atoms with Gasteiger partial charge in [-0.3, -0.25) is 9.59 Å². The van der Waals surface area contributed by atoms with Gasteiger partial charge in [0.05, 0.1) is 0 Å². The number of aryl methyl sites for hydroxylation is 2. The zero-order chi connectivity index (χ0) is 16.3. The number of carbonyl (C=O) groups is 2. The van der Waals surface area contributed by atoms with Crippen molar-refractivity contribution in [3.05, 3.63) is 34.9 Å². The maximum atomic E-state index is 12.5. The minimum Gasteiger partial charge on any atom is -0.351 e. The fraction of sp³-hybridized carbons (Fsp3) is 0.500. The highest BCUT2D eigenvalue weighted by molar-refractivity contribution is 6.53. The van der Waals surface area contributed by atoms with E-state index >= 15 is 0 Å². The Labute approximate surface area is 140 Å². The molecule has 0 spiro atoms. The van der Waals surface area contributed by atoms with Crippen LogP contribution in [0.15, 0.2) is 18.2 Å². The standard InChI is InChI=1S/C16H20Cl2N2O2/c1-10-3-4-12(9-11(10)2)16(22)20-7-5-13(6-8-20)19-15(21)14(17)18/h3-4,9,13-14H,5-8H2,1-2H3,(H,19,21). The lowest BCUT2D eigenvalue weighted by Gasteiger charge is -2.32. The van der Waals surface area contributed by atoms with Crippen molar-refractivity contribution >= 4 is 35.0 Å². The molecule has 0 saturated carbocycles. The Hall–Kier alpha value is -1.26. The quantitative estimate of drug-likeness (QED) is 0.858. The molecule has 2 amide bonds. The number of alkyl halides is 2. The van der Waals surface area contributed by atoms with Crippen molar-refractivity contribution in [2.45, 2.75) is 37.6 Å². The minimum absolute atomic E-state index is 0.0244. The van der Waals surface area contributed by atoms with Crippen LogP contribution in [0.5, 0.6) is 0 Å². The second kappa shape index (κ2) is 7.34. The third-order valence-electron chi connectivity index (χ3n) is 4.08. The van der Waals surface area contributed by atoms with Gasteiger partial charge in [0.25, 0.3) is 11.8 Å². The Kier molecular flexibility index (Phi) is 5.70. The monoisotopic (exact) mass is 342 g/mol. The second-order valence-corrected chi connectivity index (χ2v) is 6.77. The number of rotatable bonds is 3. The number of nitrogens with zero attached hydrogens (tertiary/aromatic N) is 1. The Morgan fingerprint density at radius 1 is 1.18 bits per heavy atom. The molecule has 1 fully saturated rings. The number of nitrogens with one attached hydrogen (secondary N) is 1.